The number of thioether (sulfide) groups is 1. The number of aliphatic imine (C=N–C) groups is 1. The minimum Gasteiger partial charge on any atom is -0.379 e. The summed E-state index contributed by atoms with van der Waals surface area (Å²) in [5.74, 6) is -0.258. The van der Waals surface area contributed by atoms with Crippen LogP contribution in [0, 0.1) is 0 Å². The zero-order valence-electron chi connectivity index (χ0n) is 18.3. The number of hydrogen-bond acceptors (Lipinski definition) is 6. The van der Waals surface area contributed by atoms with Crippen molar-refractivity contribution in [2.24, 2.45) is 4.99 Å². The topological polar surface area (TPSA) is 74.2 Å². The van der Waals surface area contributed by atoms with Crippen LogP contribution in [0.4, 0.5) is 11.4 Å². The molecule has 0 saturated carbocycles. The third kappa shape index (κ3) is 6.80. The highest BCUT2D eigenvalue weighted by molar-refractivity contribution is 8.15. The second-order valence-electron chi connectivity index (χ2n) is 7.89. The molecule has 1 atom stereocenters. The van der Waals surface area contributed by atoms with E-state index in [2.05, 4.69) is 10.2 Å². The molecule has 2 saturated heterocycles. The minimum absolute atomic E-state index is 0.0714. The van der Waals surface area contributed by atoms with Crippen LogP contribution in [-0.2, 0) is 14.3 Å². The first kappa shape index (κ1) is 23.8. The summed E-state index contributed by atoms with van der Waals surface area (Å²) in [4.78, 5) is 34.6. The third-order valence-corrected chi connectivity index (χ3v) is 6.89. The number of halogens is 1. The number of amides is 2. The molecule has 33 heavy (non-hydrogen) atoms. The first-order chi connectivity index (χ1) is 16.1. The summed E-state index contributed by atoms with van der Waals surface area (Å²) in [6.07, 6.45) is 0.923. The van der Waals surface area contributed by atoms with E-state index in [-0.39, 0.29) is 18.2 Å². The van der Waals surface area contributed by atoms with Crippen molar-refractivity contribution >= 4 is 51.7 Å². The SMILES string of the molecule is O=C(C[C@@H]1SC(=Nc2ccc(Cl)cc2)N(CCCN2CCOCC2)C1=O)Nc1ccccc1. The van der Waals surface area contributed by atoms with Crippen LogP contribution >= 0.6 is 23.4 Å². The number of anilines is 1. The molecule has 0 unspecified atom stereocenters. The van der Waals surface area contributed by atoms with E-state index in [9.17, 15) is 9.59 Å². The molecule has 4 rings (SSSR count). The van der Waals surface area contributed by atoms with Gasteiger partial charge >= 0.3 is 0 Å². The Morgan fingerprint density at radius 2 is 1.82 bits per heavy atom. The molecule has 0 aromatic heterocycles. The van der Waals surface area contributed by atoms with Gasteiger partial charge in [0.15, 0.2) is 5.17 Å². The summed E-state index contributed by atoms with van der Waals surface area (Å²) in [6.45, 7) is 4.78. The average molecular weight is 487 g/mol. The van der Waals surface area contributed by atoms with Gasteiger partial charge in [0.1, 0.15) is 5.25 Å². The molecule has 2 aliphatic heterocycles. The molecule has 9 heteroatoms. The highest BCUT2D eigenvalue weighted by atomic mass is 35.5. The number of amidine groups is 1. The summed E-state index contributed by atoms with van der Waals surface area (Å²) < 4.78 is 5.41. The zero-order chi connectivity index (χ0) is 23.0. The Balaban J connectivity index is 1.43. The van der Waals surface area contributed by atoms with E-state index in [0.29, 0.717) is 16.7 Å². The molecule has 2 heterocycles. The second-order valence-corrected chi connectivity index (χ2v) is 9.50. The van der Waals surface area contributed by atoms with Crippen LogP contribution in [0.1, 0.15) is 12.8 Å². The van der Waals surface area contributed by atoms with E-state index in [4.69, 9.17) is 21.3 Å². The number of nitrogens with one attached hydrogen (secondary N) is 1. The highest BCUT2D eigenvalue weighted by Gasteiger charge is 2.39. The zero-order valence-corrected chi connectivity index (χ0v) is 19.9. The summed E-state index contributed by atoms with van der Waals surface area (Å²) >= 11 is 7.34. The largest absolute Gasteiger partial charge is 0.379 e. The van der Waals surface area contributed by atoms with E-state index in [1.54, 1.807) is 17.0 Å². The van der Waals surface area contributed by atoms with Crippen molar-refractivity contribution < 1.29 is 14.3 Å². The number of carbonyl (C=O) groups is 2. The molecule has 2 amide bonds. The van der Waals surface area contributed by atoms with Gasteiger partial charge in [-0.2, -0.15) is 0 Å². The molecule has 2 fully saturated rings. The number of ether oxygens (including phenoxy) is 1. The molecule has 1 N–H and O–H groups in total. The average Bonchev–Trinajstić information content (AvgIpc) is 3.10. The smallest absolute Gasteiger partial charge is 0.242 e. The number of carbonyl (C=O) groups excluding carboxylic acids is 2. The number of morpholine rings is 1. The van der Waals surface area contributed by atoms with Crippen molar-refractivity contribution in [2.75, 3.05) is 44.7 Å². The quantitative estimate of drug-likeness (QED) is 0.610. The lowest BCUT2D eigenvalue weighted by Gasteiger charge is -2.27. The summed E-state index contributed by atoms with van der Waals surface area (Å²) in [5, 5.41) is 3.63. The van der Waals surface area contributed by atoms with Crippen molar-refractivity contribution in [3.8, 4) is 0 Å². The standard InChI is InChI=1S/C24H27ClN4O3S/c25-18-7-9-20(10-8-18)27-24-29(12-4-11-28-13-15-32-16-14-28)23(31)21(33-24)17-22(30)26-19-5-2-1-3-6-19/h1-3,5-10,21H,4,11-17H2,(H,26,30)/t21-/m0/s1. The molecule has 2 aromatic carbocycles. The monoisotopic (exact) mass is 486 g/mol. The van der Waals surface area contributed by atoms with Crippen LogP contribution in [0.3, 0.4) is 0 Å². The molecule has 2 aliphatic rings. The van der Waals surface area contributed by atoms with Crippen LogP contribution in [0.5, 0.6) is 0 Å². The Morgan fingerprint density at radius 3 is 2.55 bits per heavy atom. The second kappa shape index (κ2) is 11.7. The number of benzene rings is 2. The van der Waals surface area contributed by atoms with Gasteiger partial charge in [0.2, 0.25) is 11.8 Å². The fourth-order valence-electron chi connectivity index (χ4n) is 3.74. The molecular weight excluding hydrogens is 460 g/mol. The maximum absolute atomic E-state index is 13.2. The van der Waals surface area contributed by atoms with Crippen molar-refractivity contribution in [1.82, 2.24) is 9.80 Å². The minimum atomic E-state index is -0.497. The van der Waals surface area contributed by atoms with Gasteiger partial charge in [0.05, 0.1) is 18.9 Å². The number of para-hydroxylation sites is 1. The third-order valence-electron chi connectivity index (χ3n) is 5.46. The fraction of sp³-hybridized carbons (Fsp3) is 0.375. The van der Waals surface area contributed by atoms with Gasteiger partial charge in [-0.15, -0.1) is 0 Å². The first-order valence-electron chi connectivity index (χ1n) is 11.1. The van der Waals surface area contributed by atoms with Crippen molar-refractivity contribution in [1.29, 1.82) is 0 Å². The lowest BCUT2D eigenvalue weighted by atomic mass is 10.2. The molecule has 0 spiro atoms. The van der Waals surface area contributed by atoms with Crippen molar-refractivity contribution in [2.45, 2.75) is 18.1 Å². The van der Waals surface area contributed by atoms with Crippen LogP contribution in [0.15, 0.2) is 59.6 Å². The molecule has 2 aromatic rings. The predicted molar refractivity (Wildman–Crippen MR) is 133 cm³/mol. The predicted octanol–water partition coefficient (Wildman–Crippen LogP) is 4.02. The Hall–Kier alpha value is -2.39. The molecule has 0 aliphatic carbocycles. The van der Waals surface area contributed by atoms with Crippen molar-refractivity contribution in [3.05, 3.63) is 59.6 Å². The maximum atomic E-state index is 13.2. The number of hydrogen-bond donors (Lipinski definition) is 1. The molecule has 7 nitrogen and oxygen atoms in total. The Kier molecular flexibility index (Phi) is 8.39. The Morgan fingerprint density at radius 1 is 1.09 bits per heavy atom. The summed E-state index contributed by atoms with van der Waals surface area (Å²) in [5.41, 5.74) is 1.44. The normalized spacial score (nSPS) is 20.4. The lowest BCUT2D eigenvalue weighted by Crippen LogP contribution is -2.39. The van der Waals surface area contributed by atoms with Crippen molar-refractivity contribution in [3.63, 3.8) is 0 Å². The van der Waals surface area contributed by atoms with E-state index in [0.717, 1.165) is 50.6 Å². The number of nitrogens with zero attached hydrogens (tertiary/aromatic N) is 3. The van der Waals surface area contributed by atoms with E-state index in [1.165, 1.54) is 11.8 Å². The molecular formula is C24H27ClN4O3S. The van der Waals surface area contributed by atoms with E-state index >= 15 is 0 Å². The van der Waals surface area contributed by atoms with E-state index < -0.39 is 5.25 Å². The van der Waals surface area contributed by atoms with Crippen LogP contribution in [0.25, 0.3) is 0 Å². The van der Waals surface area contributed by atoms with E-state index in [1.807, 2.05) is 42.5 Å². The highest BCUT2D eigenvalue weighted by Crippen LogP contribution is 2.32. The van der Waals surface area contributed by atoms with Gasteiger partial charge < -0.3 is 10.1 Å². The Labute approximate surface area is 203 Å². The first-order valence-corrected chi connectivity index (χ1v) is 12.3. The number of rotatable bonds is 8. The molecule has 174 valence electrons. The van der Waals surface area contributed by atoms with Gasteiger partial charge in [-0.1, -0.05) is 41.6 Å². The van der Waals surface area contributed by atoms with Gasteiger partial charge in [-0.25, -0.2) is 4.99 Å². The fourth-order valence-corrected chi connectivity index (χ4v) is 5.05. The summed E-state index contributed by atoms with van der Waals surface area (Å²) in [7, 11) is 0. The molecule has 0 bridgehead atoms. The van der Waals surface area contributed by atoms with Gasteiger partial charge in [0.25, 0.3) is 0 Å². The lowest BCUT2D eigenvalue weighted by molar-refractivity contribution is -0.128. The van der Waals surface area contributed by atoms with Crippen LogP contribution < -0.4 is 5.32 Å². The van der Waals surface area contributed by atoms with Gasteiger partial charge in [-0.3, -0.25) is 19.4 Å². The maximum Gasteiger partial charge on any atom is 0.242 e. The van der Waals surface area contributed by atoms with Crippen LogP contribution in [0.2, 0.25) is 5.02 Å². The Bertz CT molecular complexity index is 981. The van der Waals surface area contributed by atoms with Crippen LogP contribution in [-0.4, -0.2) is 71.4 Å². The molecule has 0 radical (unpaired) electrons. The van der Waals surface area contributed by atoms with Gasteiger partial charge in [0, 0.05) is 43.3 Å². The summed E-state index contributed by atoms with van der Waals surface area (Å²) in [6, 6.07) is 16.5. The van der Waals surface area contributed by atoms with Gasteiger partial charge in [-0.05, 0) is 42.8 Å².